The first-order valence-corrected chi connectivity index (χ1v) is 12.5. The molecule has 0 spiro atoms. The molecule has 0 aliphatic carbocycles. The predicted octanol–water partition coefficient (Wildman–Crippen LogP) is 9.36. The second kappa shape index (κ2) is 13.5. The summed E-state index contributed by atoms with van der Waals surface area (Å²) in [5.74, 6) is 0. The van der Waals surface area contributed by atoms with E-state index in [0.29, 0.717) is 5.56 Å². The minimum atomic E-state index is 0.697. The Labute approximate surface area is 195 Å². The molecule has 32 heavy (non-hydrogen) atoms. The largest absolute Gasteiger partial charge is 0.192 e. The average Bonchev–Trinajstić information content (AvgIpc) is 2.86. The fourth-order valence-corrected chi connectivity index (χ4v) is 4.27. The van der Waals surface area contributed by atoms with E-state index in [-0.39, 0.29) is 0 Å². The first kappa shape index (κ1) is 23.8. The Kier molecular flexibility index (Phi) is 10.1. The van der Waals surface area contributed by atoms with Gasteiger partial charge in [0.25, 0.3) is 0 Å². The Morgan fingerprint density at radius 1 is 0.500 bits per heavy atom. The van der Waals surface area contributed by atoms with Crippen LogP contribution in [0.4, 0.5) is 0 Å². The molecule has 0 fully saturated rings. The number of aryl methyl sites for hydroxylation is 1. The Hall–Kier alpha value is -2.85. The van der Waals surface area contributed by atoms with E-state index < -0.39 is 0 Å². The van der Waals surface area contributed by atoms with Gasteiger partial charge in [-0.15, -0.1) is 0 Å². The number of hydrogen-bond donors (Lipinski definition) is 0. The molecule has 1 nitrogen and oxygen atoms in total. The van der Waals surface area contributed by atoms with Gasteiger partial charge in [0.15, 0.2) is 0 Å². The molecule has 0 N–H and O–H groups in total. The van der Waals surface area contributed by atoms with Gasteiger partial charge in [0.05, 0.1) is 11.6 Å². The fourth-order valence-electron chi connectivity index (χ4n) is 4.27. The Balaban J connectivity index is 1.40. The quantitative estimate of drug-likeness (QED) is 0.251. The monoisotopic (exact) mass is 423 g/mol. The van der Waals surface area contributed by atoms with Crippen LogP contribution < -0.4 is 0 Å². The summed E-state index contributed by atoms with van der Waals surface area (Å²) in [4.78, 5) is 0. The van der Waals surface area contributed by atoms with Crippen LogP contribution in [0.2, 0.25) is 0 Å². The summed E-state index contributed by atoms with van der Waals surface area (Å²) in [6, 6.07) is 27.7. The summed E-state index contributed by atoms with van der Waals surface area (Å²) >= 11 is 0. The van der Waals surface area contributed by atoms with Gasteiger partial charge in [-0.25, -0.2) is 0 Å². The zero-order valence-corrected chi connectivity index (χ0v) is 19.7. The summed E-state index contributed by atoms with van der Waals surface area (Å²) in [7, 11) is 0. The Morgan fingerprint density at radius 3 is 1.31 bits per heavy atom. The molecule has 0 aliphatic heterocycles. The van der Waals surface area contributed by atoms with Gasteiger partial charge in [0.2, 0.25) is 0 Å². The molecule has 0 amide bonds. The summed E-state index contributed by atoms with van der Waals surface area (Å²) in [5, 5.41) is 8.95. The topological polar surface area (TPSA) is 23.8 Å². The van der Waals surface area contributed by atoms with Gasteiger partial charge in [-0.05, 0) is 52.8 Å². The van der Waals surface area contributed by atoms with Crippen LogP contribution in [0, 0.1) is 11.3 Å². The smallest absolute Gasteiger partial charge is 0.0991 e. The third kappa shape index (κ3) is 7.69. The van der Waals surface area contributed by atoms with Crippen LogP contribution in [0.25, 0.3) is 22.3 Å². The third-order valence-electron chi connectivity index (χ3n) is 6.34. The minimum Gasteiger partial charge on any atom is -0.192 e. The predicted molar refractivity (Wildman–Crippen MR) is 138 cm³/mol. The average molecular weight is 424 g/mol. The van der Waals surface area contributed by atoms with Crippen molar-refractivity contribution in [2.45, 2.75) is 77.6 Å². The van der Waals surface area contributed by atoms with Gasteiger partial charge in [0.1, 0.15) is 0 Å². The van der Waals surface area contributed by atoms with Gasteiger partial charge < -0.3 is 0 Å². The van der Waals surface area contributed by atoms with E-state index in [1.807, 2.05) is 24.3 Å². The zero-order valence-electron chi connectivity index (χ0n) is 19.7. The normalized spacial score (nSPS) is 10.8. The standard InChI is InChI=1S/C31H37N/c1-2-3-4-5-6-7-8-9-10-11-12-26-13-17-28(18-14-26)30-21-23-31(24-22-30)29-19-15-27(25-32)16-20-29/h13-24H,2-12H2,1H3. The number of hydrogen-bond acceptors (Lipinski definition) is 1. The molecule has 0 bridgehead atoms. The molecule has 3 rings (SSSR count). The van der Waals surface area contributed by atoms with Crippen molar-refractivity contribution in [3.8, 4) is 28.3 Å². The van der Waals surface area contributed by atoms with Crippen LogP contribution in [-0.2, 0) is 6.42 Å². The number of rotatable bonds is 13. The number of benzene rings is 3. The molecule has 1 heteroatoms. The molecule has 0 radical (unpaired) electrons. The highest BCUT2D eigenvalue weighted by Crippen LogP contribution is 2.26. The molecule has 0 aromatic heterocycles. The lowest BCUT2D eigenvalue weighted by Crippen LogP contribution is -1.87. The fraction of sp³-hybridized carbons (Fsp3) is 0.387. The second-order valence-electron chi connectivity index (χ2n) is 8.90. The molecule has 0 saturated heterocycles. The first-order chi connectivity index (χ1) is 15.8. The zero-order chi connectivity index (χ0) is 22.4. The van der Waals surface area contributed by atoms with Crippen molar-refractivity contribution in [1.82, 2.24) is 0 Å². The summed E-state index contributed by atoms with van der Waals surface area (Å²) in [5.41, 5.74) is 6.97. The van der Waals surface area contributed by atoms with Crippen molar-refractivity contribution < 1.29 is 0 Å². The molecule has 3 aromatic carbocycles. The number of nitriles is 1. The van der Waals surface area contributed by atoms with Crippen molar-refractivity contribution in [2.24, 2.45) is 0 Å². The third-order valence-corrected chi connectivity index (χ3v) is 6.34. The van der Waals surface area contributed by atoms with Crippen molar-refractivity contribution in [1.29, 1.82) is 5.26 Å². The van der Waals surface area contributed by atoms with Crippen LogP contribution in [0.15, 0.2) is 72.8 Å². The SMILES string of the molecule is CCCCCCCCCCCCc1ccc(-c2ccc(-c3ccc(C#N)cc3)cc2)cc1. The highest BCUT2D eigenvalue weighted by Gasteiger charge is 2.02. The van der Waals surface area contributed by atoms with Crippen LogP contribution in [-0.4, -0.2) is 0 Å². The van der Waals surface area contributed by atoms with Gasteiger partial charge in [-0.2, -0.15) is 5.26 Å². The second-order valence-corrected chi connectivity index (χ2v) is 8.90. The maximum absolute atomic E-state index is 8.95. The highest BCUT2D eigenvalue weighted by atomic mass is 14.2. The Morgan fingerprint density at radius 2 is 0.875 bits per heavy atom. The van der Waals surface area contributed by atoms with Gasteiger partial charge in [-0.3, -0.25) is 0 Å². The van der Waals surface area contributed by atoms with E-state index in [4.69, 9.17) is 5.26 Å². The lowest BCUT2D eigenvalue weighted by Gasteiger charge is -2.07. The molecule has 0 heterocycles. The van der Waals surface area contributed by atoms with Crippen LogP contribution >= 0.6 is 0 Å². The molecule has 0 aliphatic rings. The van der Waals surface area contributed by atoms with E-state index in [1.54, 1.807) is 0 Å². The molecule has 0 unspecified atom stereocenters. The minimum absolute atomic E-state index is 0.697. The molecular formula is C31H37N. The van der Waals surface area contributed by atoms with Crippen molar-refractivity contribution in [2.75, 3.05) is 0 Å². The summed E-state index contributed by atoms with van der Waals surface area (Å²) < 4.78 is 0. The number of unbranched alkanes of at least 4 members (excludes halogenated alkanes) is 9. The molecule has 166 valence electrons. The van der Waals surface area contributed by atoms with E-state index in [9.17, 15) is 0 Å². The lowest BCUT2D eigenvalue weighted by atomic mass is 9.98. The molecular weight excluding hydrogens is 386 g/mol. The van der Waals surface area contributed by atoms with Crippen molar-refractivity contribution >= 4 is 0 Å². The summed E-state index contributed by atoms with van der Waals surface area (Å²) in [6.45, 7) is 2.28. The van der Waals surface area contributed by atoms with Gasteiger partial charge in [0, 0.05) is 0 Å². The number of nitrogens with zero attached hydrogens (tertiary/aromatic N) is 1. The van der Waals surface area contributed by atoms with E-state index >= 15 is 0 Å². The highest BCUT2D eigenvalue weighted by molar-refractivity contribution is 5.70. The summed E-state index contributed by atoms with van der Waals surface area (Å²) in [6.07, 6.45) is 15.1. The van der Waals surface area contributed by atoms with Crippen molar-refractivity contribution in [3.05, 3.63) is 83.9 Å². The van der Waals surface area contributed by atoms with E-state index in [2.05, 4.69) is 61.5 Å². The maximum Gasteiger partial charge on any atom is 0.0991 e. The lowest BCUT2D eigenvalue weighted by molar-refractivity contribution is 0.556. The van der Waals surface area contributed by atoms with E-state index in [0.717, 1.165) is 5.56 Å². The molecule has 0 atom stereocenters. The van der Waals surface area contributed by atoms with Gasteiger partial charge >= 0.3 is 0 Å². The maximum atomic E-state index is 8.95. The van der Waals surface area contributed by atoms with Crippen molar-refractivity contribution in [3.63, 3.8) is 0 Å². The molecule has 3 aromatic rings. The Bertz CT molecular complexity index is 943. The first-order valence-electron chi connectivity index (χ1n) is 12.5. The van der Waals surface area contributed by atoms with Crippen LogP contribution in [0.5, 0.6) is 0 Å². The van der Waals surface area contributed by atoms with Crippen LogP contribution in [0.3, 0.4) is 0 Å². The van der Waals surface area contributed by atoms with Gasteiger partial charge in [-0.1, -0.05) is 125 Å². The van der Waals surface area contributed by atoms with Crippen LogP contribution in [0.1, 0.15) is 82.3 Å². The molecule has 0 saturated carbocycles. The van der Waals surface area contributed by atoms with E-state index in [1.165, 1.54) is 92.9 Å².